The van der Waals surface area contributed by atoms with Crippen molar-refractivity contribution in [3.63, 3.8) is 0 Å². The van der Waals surface area contributed by atoms with E-state index in [0.717, 1.165) is 24.0 Å². The van der Waals surface area contributed by atoms with Crippen LogP contribution in [0.25, 0.3) is 0 Å². The Balaban J connectivity index is 1.54. The fraction of sp³-hybridized carbons (Fsp3) is 0.333. The summed E-state index contributed by atoms with van der Waals surface area (Å²) in [5, 5.41) is 11.9. The molecule has 2 heterocycles. The van der Waals surface area contributed by atoms with Gasteiger partial charge in [0, 0.05) is 25.5 Å². The van der Waals surface area contributed by atoms with Crippen LogP contribution in [0.4, 0.5) is 0 Å². The lowest BCUT2D eigenvalue weighted by molar-refractivity contribution is -0.137. The van der Waals surface area contributed by atoms with Crippen LogP contribution in [0.15, 0.2) is 79.4 Å². The standard InChI is InChI=1S/C24H27N3O2/c1-19(27-17-14-25-18-27)23(28)26-15-12-22(13-16-26)24(29,20-8-4-2-5-9-20)21-10-6-3-7-11-21/h2-11,14,17-19,22,29H,12-13,15-16H2,1H3. The predicted molar refractivity (Wildman–Crippen MR) is 112 cm³/mol. The van der Waals surface area contributed by atoms with Crippen LogP contribution in [-0.2, 0) is 10.4 Å². The highest BCUT2D eigenvalue weighted by Crippen LogP contribution is 2.42. The summed E-state index contributed by atoms with van der Waals surface area (Å²) in [6.07, 6.45) is 6.69. The van der Waals surface area contributed by atoms with Gasteiger partial charge in [0.2, 0.25) is 5.91 Å². The first-order valence-electron chi connectivity index (χ1n) is 10.2. The van der Waals surface area contributed by atoms with Gasteiger partial charge in [-0.15, -0.1) is 0 Å². The van der Waals surface area contributed by atoms with E-state index < -0.39 is 5.60 Å². The average molecular weight is 389 g/mol. The van der Waals surface area contributed by atoms with Gasteiger partial charge in [0.1, 0.15) is 11.6 Å². The molecule has 1 atom stereocenters. The van der Waals surface area contributed by atoms with E-state index >= 15 is 0 Å². The van der Waals surface area contributed by atoms with Gasteiger partial charge < -0.3 is 14.6 Å². The van der Waals surface area contributed by atoms with E-state index in [-0.39, 0.29) is 17.9 Å². The zero-order chi connectivity index (χ0) is 20.3. The Morgan fingerprint density at radius 2 is 1.59 bits per heavy atom. The number of carbonyl (C=O) groups is 1. The number of likely N-dealkylation sites (tertiary alicyclic amines) is 1. The second-order valence-corrected chi connectivity index (χ2v) is 7.78. The number of imidazole rings is 1. The van der Waals surface area contributed by atoms with Crippen LogP contribution >= 0.6 is 0 Å². The van der Waals surface area contributed by atoms with Crippen molar-refractivity contribution in [3.05, 3.63) is 90.5 Å². The first-order valence-corrected chi connectivity index (χ1v) is 10.2. The van der Waals surface area contributed by atoms with E-state index in [2.05, 4.69) is 4.98 Å². The molecule has 1 fully saturated rings. The zero-order valence-electron chi connectivity index (χ0n) is 16.7. The second kappa shape index (κ2) is 8.21. The highest BCUT2D eigenvalue weighted by molar-refractivity contribution is 5.80. The largest absolute Gasteiger partial charge is 0.380 e. The molecular weight excluding hydrogens is 362 g/mol. The lowest BCUT2D eigenvalue weighted by atomic mass is 9.72. The number of hydrogen-bond donors (Lipinski definition) is 1. The Labute approximate surface area is 171 Å². The Bertz CT molecular complexity index is 878. The quantitative estimate of drug-likeness (QED) is 0.725. The molecule has 1 aliphatic heterocycles. The van der Waals surface area contributed by atoms with Crippen molar-refractivity contribution < 1.29 is 9.90 Å². The van der Waals surface area contributed by atoms with Crippen LogP contribution in [-0.4, -0.2) is 38.6 Å². The number of amides is 1. The van der Waals surface area contributed by atoms with Crippen molar-refractivity contribution in [1.29, 1.82) is 0 Å². The molecule has 1 saturated heterocycles. The Morgan fingerprint density at radius 1 is 1.03 bits per heavy atom. The van der Waals surface area contributed by atoms with Gasteiger partial charge in [-0.1, -0.05) is 60.7 Å². The molecule has 1 unspecified atom stereocenters. The molecule has 1 N–H and O–H groups in total. The van der Waals surface area contributed by atoms with Gasteiger partial charge in [0.05, 0.1) is 6.33 Å². The van der Waals surface area contributed by atoms with E-state index in [1.54, 1.807) is 12.5 Å². The van der Waals surface area contributed by atoms with Crippen LogP contribution in [0.3, 0.4) is 0 Å². The number of nitrogens with zero attached hydrogens (tertiary/aromatic N) is 3. The van der Waals surface area contributed by atoms with E-state index in [9.17, 15) is 9.90 Å². The maximum Gasteiger partial charge on any atom is 0.245 e. The first-order chi connectivity index (χ1) is 14.1. The molecule has 5 nitrogen and oxygen atoms in total. The third-order valence-electron chi connectivity index (χ3n) is 6.15. The summed E-state index contributed by atoms with van der Waals surface area (Å²) in [5.74, 6) is 0.143. The van der Waals surface area contributed by atoms with E-state index in [1.165, 1.54) is 0 Å². The third-order valence-corrected chi connectivity index (χ3v) is 6.15. The van der Waals surface area contributed by atoms with Crippen molar-refractivity contribution >= 4 is 5.91 Å². The van der Waals surface area contributed by atoms with Crippen molar-refractivity contribution in [2.45, 2.75) is 31.4 Å². The monoisotopic (exact) mass is 389 g/mol. The number of rotatable bonds is 5. The number of piperidine rings is 1. The minimum absolute atomic E-state index is 0.0416. The SMILES string of the molecule is CC(C(=O)N1CCC(C(O)(c2ccccc2)c2ccccc2)CC1)n1ccnc1. The zero-order valence-corrected chi connectivity index (χ0v) is 16.7. The van der Waals surface area contributed by atoms with Gasteiger partial charge in [-0.3, -0.25) is 4.79 Å². The molecule has 3 aromatic rings. The highest BCUT2D eigenvalue weighted by Gasteiger charge is 2.42. The smallest absolute Gasteiger partial charge is 0.245 e. The lowest BCUT2D eigenvalue weighted by Crippen LogP contribution is -2.47. The number of hydrogen-bond acceptors (Lipinski definition) is 3. The molecule has 4 rings (SSSR count). The number of aromatic nitrogens is 2. The molecule has 5 heteroatoms. The molecule has 0 saturated carbocycles. The predicted octanol–water partition coefficient (Wildman–Crippen LogP) is 3.62. The normalized spacial score (nSPS) is 16.6. The molecule has 150 valence electrons. The van der Waals surface area contributed by atoms with Gasteiger partial charge in [-0.05, 0) is 36.8 Å². The van der Waals surface area contributed by atoms with Crippen LogP contribution in [0.1, 0.15) is 36.9 Å². The minimum Gasteiger partial charge on any atom is -0.380 e. The third kappa shape index (κ3) is 3.70. The summed E-state index contributed by atoms with van der Waals surface area (Å²) in [6.45, 7) is 3.19. The number of benzene rings is 2. The van der Waals surface area contributed by atoms with Crippen LogP contribution in [0.5, 0.6) is 0 Å². The topological polar surface area (TPSA) is 58.4 Å². The summed E-state index contributed by atoms with van der Waals surface area (Å²) in [7, 11) is 0. The maximum atomic E-state index is 12.9. The minimum atomic E-state index is -1.06. The summed E-state index contributed by atoms with van der Waals surface area (Å²) >= 11 is 0. The summed E-state index contributed by atoms with van der Waals surface area (Å²) in [5.41, 5.74) is 0.749. The Kier molecular flexibility index (Phi) is 5.49. The summed E-state index contributed by atoms with van der Waals surface area (Å²) < 4.78 is 1.83. The van der Waals surface area contributed by atoms with E-state index in [4.69, 9.17) is 0 Å². The summed E-state index contributed by atoms with van der Waals surface area (Å²) in [4.78, 5) is 18.9. The van der Waals surface area contributed by atoms with Crippen molar-refractivity contribution in [1.82, 2.24) is 14.5 Å². The van der Waals surface area contributed by atoms with Gasteiger partial charge in [-0.2, -0.15) is 0 Å². The van der Waals surface area contributed by atoms with Gasteiger partial charge in [0.25, 0.3) is 0 Å². The molecule has 0 bridgehead atoms. The molecule has 0 aliphatic carbocycles. The average Bonchev–Trinajstić information content (AvgIpc) is 3.34. The number of aliphatic hydroxyl groups is 1. The maximum absolute atomic E-state index is 12.9. The van der Waals surface area contributed by atoms with Gasteiger partial charge in [-0.25, -0.2) is 4.98 Å². The highest BCUT2D eigenvalue weighted by atomic mass is 16.3. The first kappa shape index (κ1) is 19.4. The van der Waals surface area contributed by atoms with Crippen LogP contribution in [0, 0.1) is 5.92 Å². The van der Waals surface area contributed by atoms with Crippen LogP contribution < -0.4 is 0 Å². The summed E-state index contributed by atoms with van der Waals surface area (Å²) in [6, 6.07) is 19.5. The van der Waals surface area contributed by atoms with Crippen LogP contribution in [0.2, 0.25) is 0 Å². The molecule has 1 amide bonds. The number of carbonyl (C=O) groups excluding carboxylic acids is 1. The van der Waals surface area contributed by atoms with Gasteiger partial charge in [0.15, 0.2) is 0 Å². The molecule has 0 spiro atoms. The molecule has 1 aliphatic rings. The fourth-order valence-corrected chi connectivity index (χ4v) is 4.43. The van der Waals surface area contributed by atoms with E-state index in [1.807, 2.05) is 83.3 Å². The molecular formula is C24H27N3O2. The molecule has 0 radical (unpaired) electrons. The van der Waals surface area contributed by atoms with Crippen molar-refractivity contribution in [2.75, 3.05) is 13.1 Å². The molecule has 2 aromatic carbocycles. The molecule has 29 heavy (non-hydrogen) atoms. The lowest BCUT2D eigenvalue weighted by Gasteiger charge is -2.42. The molecule has 1 aromatic heterocycles. The van der Waals surface area contributed by atoms with E-state index in [0.29, 0.717) is 13.1 Å². The Hall–Kier alpha value is -2.92. The second-order valence-electron chi connectivity index (χ2n) is 7.78. The van der Waals surface area contributed by atoms with Crippen molar-refractivity contribution in [3.8, 4) is 0 Å². The van der Waals surface area contributed by atoms with Gasteiger partial charge >= 0.3 is 0 Å². The van der Waals surface area contributed by atoms with Crippen molar-refractivity contribution in [2.24, 2.45) is 5.92 Å². The Morgan fingerprint density at radius 3 is 2.07 bits per heavy atom. The fourth-order valence-electron chi connectivity index (χ4n) is 4.43.